The van der Waals surface area contributed by atoms with Crippen LogP contribution in [0.1, 0.15) is 30.4 Å². The van der Waals surface area contributed by atoms with E-state index in [1.54, 1.807) is 13.1 Å². The summed E-state index contributed by atoms with van der Waals surface area (Å²) in [5, 5.41) is 3.81. The number of aryl methyl sites for hydroxylation is 1. The molecule has 3 aromatic heterocycles. The van der Waals surface area contributed by atoms with Crippen molar-refractivity contribution in [2.24, 2.45) is 0 Å². The van der Waals surface area contributed by atoms with Crippen LogP contribution < -0.4 is 4.90 Å². The topological polar surface area (TPSA) is 83.7 Å². The van der Waals surface area contributed by atoms with Gasteiger partial charge in [0.15, 0.2) is 5.82 Å². The number of rotatable bonds is 3. The minimum atomic E-state index is 0.429. The van der Waals surface area contributed by atoms with Crippen molar-refractivity contribution in [2.45, 2.75) is 25.7 Å². The molecule has 0 amide bonds. The number of hydrogen-bond donors (Lipinski definition) is 1. The van der Waals surface area contributed by atoms with Crippen LogP contribution in [0.3, 0.4) is 0 Å². The second kappa shape index (κ2) is 5.83. The molecular formula is C16H18N6O. The molecule has 1 aliphatic heterocycles. The van der Waals surface area contributed by atoms with E-state index in [1.807, 2.05) is 24.5 Å². The minimum Gasteiger partial charge on any atom is -0.356 e. The molecule has 0 spiro atoms. The van der Waals surface area contributed by atoms with Gasteiger partial charge in [-0.2, -0.15) is 4.98 Å². The summed E-state index contributed by atoms with van der Waals surface area (Å²) in [6, 6.07) is 3.99. The fourth-order valence-electron chi connectivity index (χ4n) is 3.02. The van der Waals surface area contributed by atoms with Gasteiger partial charge >= 0.3 is 0 Å². The molecule has 1 saturated heterocycles. The van der Waals surface area contributed by atoms with Crippen molar-refractivity contribution in [3.05, 3.63) is 42.4 Å². The average molecular weight is 310 g/mol. The number of aromatic amines is 1. The summed E-state index contributed by atoms with van der Waals surface area (Å²) in [6.07, 6.45) is 7.78. The molecule has 4 heterocycles. The maximum atomic E-state index is 5.17. The summed E-state index contributed by atoms with van der Waals surface area (Å²) in [6.45, 7) is 3.75. The molecule has 0 radical (unpaired) electrons. The highest BCUT2D eigenvalue weighted by atomic mass is 16.5. The van der Waals surface area contributed by atoms with E-state index >= 15 is 0 Å². The number of hydrogen-bond acceptors (Lipinski definition) is 6. The van der Waals surface area contributed by atoms with Crippen molar-refractivity contribution in [1.29, 1.82) is 0 Å². The van der Waals surface area contributed by atoms with E-state index in [4.69, 9.17) is 4.52 Å². The molecule has 0 unspecified atom stereocenters. The van der Waals surface area contributed by atoms with E-state index in [-0.39, 0.29) is 0 Å². The zero-order valence-electron chi connectivity index (χ0n) is 12.9. The van der Waals surface area contributed by atoms with Crippen molar-refractivity contribution in [2.75, 3.05) is 18.0 Å². The molecule has 0 bridgehead atoms. The number of imidazole rings is 1. The largest absolute Gasteiger partial charge is 0.356 e. The van der Waals surface area contributed by atoms with Crippen LogP contribution >= 0.6 is 0 Å². The van der Waals surface area contributed by atoms with Crippen LogP contribution in [0.5, 0.6) is 0 Å². The summed E-state index contributed by atoms with van der Waals surface area (Å²) in [5.41, 5.74) is 0.842. The van der Waals surface area contributed by atoms with Gasteiger partial charge in [-0.3, -0.25) is 0 Å². The highest BCUT2D eigenvalue weighted by Crippen LogP contribution is 2.28. The lowest BCUT2D eigenvalue weighted by Crippen LogP contribution is -2.35. The molecule has 1 aliphatic rings. The SMILES string of the molecule is Cc1noc(-c2ccc(N3CCC[C@@H](c4ncc[nH]4)C3)nc2)n1. The summed E-state index contributed by atoms with van der Waals surface area (Å²) in [7, 11) is 0. The van der Waals surface area contributed by atoms with E-state index < -0.39 is 0 Å². The molecule has 3 aromatic rings. The van der Waals surface area contributed by atoms with Gasteiger partial charge in [-0.05, 0) is 31.9 Å². The number of nitrogens with one attached hydrogen (secondary N) is 1. The molecule has 0 saturated carbocycles. The molecule has 23 heavy (non-hydrogen) atoms. The summed E-state index contributed by atoms with van der Waals surface area (Å²) >= 11 is 0. The molecule has 4 rings (SSSR count). The van der Waals surface area contributed by atoms with Crippen LogP contribution in [0.15, 0.2) is 35.2 Å². The Hall–Kier alpha value is -2.70. The van der Waals surface area contributed by atoms with Crippen LogP contribution in [0.2, 0.25) is 0 Å². The van der Waals surface area contributed by atoms with E-state index in [9.17, 15) is 0 Å². The molecule has 118 valence electrons. The Labute approximate surface area is 133 Å². The second-order valence-corrected chi connectivity index (χ2v) is 5.81. The number of H-pyrrole nitrogens is 1. The summed E-state index contributed by atoms with van der Waals surface area (Å²) < 4.78 is 5.17. The maximum Gasteiger partial charge on any atom is 0.259 e. The van der Waals surface area contributed by atoms with Crippen LogP contribution in [-0.4, -0.2) is 38.2 Å². The Bertz CT molecular complexity index is 764. The van der Waals surface area contributed by atoms with Gasteiger partial charge in [0.05, 0.1) is 5.56 Å². The van der Waals surface area contributed by atoms with Crippen LogP contribution in [0, 0.1) is 6.92 Å². The first kappa shape index (κ1) is 13.9. The van der Waals surface area contributed by atoms with Crippen LogP contribution in [0.25, 0.3) is 11.5 Å². The third kappa shape index (κ3) is 2.81. The Morgan fingerprint density at radius 3 is 2.96 bits per heavy atom. The van der Waals surface area contributed by atoms with Crippen molar-refractivity contribution in [1.82, 2.24) is 25.1 Å². The molecule has 0 aromatic carbocycles. The standard InChI is InChI=1S/C16H18N6O/c1-11-20-16(23-21-11)12-4-5-14(19-9-12)22-8-2-3-13(10-22)15-17-6-7-18-15/h4-7,9,13H,2-3,8,10H2,1H3,(H,17,18)/t13-/m1/s1. The first-order valence-electron chi connectivity index (χ1n) is 7.80. The van der Waals surface area contributed by atoms with Crippen molar-refractivity contribution in [3.8, 4) is 11.5 Å². The van der Waals surface area contributed by atoms with E-state index in [0.717, 1.165) is 43.1 Å². The van der Waals surface area contributed by atoms with Gasteiger partial charge in [-0.1, -0.05) is 5.16 Å². The van der Waals surface area contributed by atoms with E-state index in [2.05, 4.69) is 30.0 Å². The smallest absolute Gasteiger partial charge is 0.259 e. The molecular weight excluding hydrogens is 292 g/mol. The first-order valence-corrected chi connectivity index (χ1v) is 7.80. The molecule has 7 heteroatoms. The van der Waals surface area contributed by atoms with Gasteiger partial charge < -0.3 is 14.4 Å². The van der Waals surface area contributed by atoms with Crippen molar-refractivity contribution < 1.29 is 4.52 Å². The lowest BCUT2D eigenvalue weighted by molar-refractivity contribution is 0.425. The summed E-state index contributed by atoms with van der Waals surface area (Å²) in [5.74, 6) is 3.60. The Morgan fingerprint density at radius 1 is 1.30 bits per heavy atom. The fraction of sp³-hybridized carbons (Fsp3) is 0.375. The minimum absolute atomic E-state index is 0.429. The van der Waals surface area contributed by atoms with Crippen molar-refractivity contribution >= 4 is 5.82 Å². The quantitative estimate of drug-likeness (QED) is 0.800. The second-order valence-electron chi connectivity index (χ2n) is 5.81. The third-order valence-corrected chi connectivity index (χ3v) is 4.17. The van der Waals surface area contributed by atoms with Gasteiger partial charge in [-0.15, -0.1) is 0 Å². The van der Waals surface area contributed by atoms with Gasteiger partial charge in [0.2, 0.25) is 0 Å². The monoisotopic (exact) mass is 310 g/mol. The van der Waals surface area contributed by atoms with E-state index in [1.165, 1.54) is 0 Å². The molecule has 1 fully saturated rings. The summed E-state index contributed by atoms with van der Waals surface area (Å²) in [4.78, 5) is 18.7. The fourth-order valence-corrected chi connectivity index (χ4v) is 3.02. The molecule has 0 aliphatic carbocycles. The van der Waals surface area contributed by atoms with Crippen LogP contribution in [0.4, 0.5) is 5.82 Å². The van der Waals surface area contributed by atoms with E-state index in [0.29, 0.717) is 17.6 Å². The molecule has 1 N–H and O–H groups in total. The van der Waals surface area contributed by atoms with Crippen LogP contribution in [-0.2, 0) is 0 Å². The zero-order valence-corrected chi connectivity index (χ0v) is 12.9. The number of anilines is 1. The lowest BCUT2D eigenvalue weighted by atomic mass is 9.97. The van der Waals surface area contributed by atoms with Gasteiger partial charge in [0.1, 0.15) is 11.6 Å². The van der Waals surface area contributed by atoms with Gasteiger partial charge in [0, 0.05) is 37.6 Å². The Kier molecular flexibility index (Phi) is 3.53. The number of nitrogens with zero attached hydrogens (tertiary/aromatic N) is 5. The van der Waals surface area contributed by atoms with Gasteiger partial charge in [-0.25, -0.2) is 9.97 Å². The molecule has 1 atom stereocenters. The number of aromatic nitrogens is 5. The number of piperidine rings is 1. The zero-order chi connectivity index (χ0) is 15.6. The predicted octanol–water partition coefficient (Wildman–Crippen LogP) is 2.55. The Morgan fingerprint density at radius 2 is 2.26 bits per heavy atom. The number of pyridine rings is 1. The van der Waals surface area contributed by atoms with Gasteiger partial charge in [0.25, 0.3) is 5.89 Å². The predicted molar refractivity (Wildman–Crippen MR) is 85.0 cm³/mol. The molecule has 7 nitrogen and oxygen atoms in total. The average Bonchev–Trinajstić information content (AvgIpc) is 3.27. The third-order valence-electron chi connectivity index (χ3n) is 4.17. The maximum absolute atomic E-state index is 5.17. The lowest BCUT2D eigenvalue weighted by Gasteiger charge is -2.32. The Balaban J connectivity index is 1.51. The normalized spacial score (nSPS) is 18.3. The first-order chi connectivity index (χ1) is 11.3. The van der Waals surface area contributed by atoms with Crippen molar-refractivity contribution in [3.63, 3.8) is 0 Å². The highest BCUT2D eigenvalue weighted by molar-refractivity contribution is 5.54. The highest BCUT2D eigenvalue weighted by Gasteiger charge is 2.23.